The molecule has 7 heteroatoms. The fraction of sp³-hybridized carbons (Fsp3) is 0.250. The van der Waals surface area contributed by atoms with Crippen molar-refractivity contribution in [3.63, 3.8) is 0 Å². The van der Waals surface area contributed by atoms with Crippen LogP contribution in [0.2, 0.25) is 0 Å². The van der Waals surface area contributed by atoms with Gasteiger partial charge in [-0.1, -0.05) is 18.2 Å². The fourth-order valence-electron chi connectivity index (χ4n) is 5.01. The van der Waals surface area contributed by atoms with E-state index in [9.17, 15) is 9.59 Å². The molecule has 1 amide bonds. The van der Waals surface area contributed by atoms with Crippen molar-refractivity contribution in [2.24, 2.45) is 0 Å². The third-order valence-electron chi connectivity index (χ3n) is 6.73. The number of amides is 1. The molecular formula is C28H27N3O3S. The lowest BCUT2D eigenvalue weighted by atomic mass is 9.73. The first-order chi connectivity index (χ1) is 17.0. The highest BCUT2D eigenvalue weighted by atomic mass is 32.1. The molecule has 3 heterocycles. The number of carbonyl (C=O) groups excluding carboxylic acids is 2. The molecule has 1 aliphatic carbocycles. The van der Waals surface area contributed by atoms with E-state index in [1.807, 2.05) is 55.6 Å². The maximum absolute atomic E-state index is 13.7. The van der Waals surface area contributed by atoms with Crippen molar-refractivity contribution < 1.29 is 14.3 Å². The van der Waals surface area contributed by atoms with Gasteiger partial charge in [-0.25, -0.2) is 4.98 Å². The number of methoxy groups -OCH3 is 1. The number of Topliss-reactive ketones (excluding diaryl/α,β-unsaturated/α-hetero) is 1. The second kappa shape index (κ2) is 9.50. The van der Waals surface area contributed by atoms with E-state index in [1.165, 1.54) is 0 Å². The molecule has 0 radical (unpaired) electrons. The minimum Gasteiger partial charge on any atom is -0.497 e. The SMILES string of the molecule is COc1ccc(C2CC(=O)C3=C(C2)NC(C)=C(C(=O)Nc2ccccn2)C3c2sccc2C)cc1. The zero-order valence-corrected chi connectivity index (χ0v) is 20.7. The summed E-state index contributed by atoms with van der Waals surface area (Å²) in [5.41, 5.74) is 5.13. The van der Waals surface area contributed by atoms with Gasteiger partial charge in [0.15, 0.2) is 5.78 Å². The summed E-state index contributed by atoms with van der Waals surface area (Å²) in [5, 5.41) is 8.37. The van der Waals surface area contributed by atoms with Gasteiger partial charge in [0.1, 0.15) is 11.6 Å². The molecule has 5 rings (SSSR count). The van der Waals surface area contributed by atoms with Crippen LogP contribution >= 0.6 is 11.3 Å². The number of hydrogen-bond donors (Lipinski definition) is 2. The number of nitrogens with zero attached hydrogens (tertiary/aromatic N) is 1. The Morgan fingerprint density at radius 1 is 1.11 bits per heavy atom. The molecule has 35 heavy (non-hydrogen) atoms. The molecule has 0 saturated heterocycles. The summed E-state index contributed by atoms with van der Waals surface area (Å²) >= 11 is 1.59. The number of carbonyl (C=O) groups is 2. The van der Waals surface area contributed by atoms with Crippen LogP contribution in [0.3, 0.4) is 0 Å². The molecule has 0 spiro atoms. The normalized spacial score (nSPS) is 19.8. The van der Waals surface area contributed by atoms with Crippen molar-refractivity contribution in [3.8, 4) is 5.75 Å². The summed E-state index contributed by atoms with van der Waals surface area (Å²) in [6, 6.07) is 15.3. The van der Waals surface area contributed by atoms with Crippen LogP contribution in [0.1, 0.15) is 47.6 Å². The number of ketones is 1. The van der Waals surface area contributed by atoms with E-state index in [4.69, 9.17) is 4.74 Å². The number of aryl methyl sites for hydroxylation is 1. The van der Waals surface area contributed by atoms with Crippen molar-refractivity contribution >= 4 is 28.8 Å². The van der Waals surface area contributed by atoms with Crippen LogP contribution in [0, 0.1) is 6.92 Å². The number of nitrogens with one attached hydrogen (secondary N) is 2. The molecule has 2 aliphatic rings. The lowest BCUT2D eigenvalue weighted by Gasteiger charge is -2.36. The van der Waals surface area contributed by atoms with E-state index in [1.54, 1.807) is 36.8 Å². The minimum absolute atomic E-state index is 0.0708. The lowest BCUT2D eigenvalue weighted by Crippen LogP contribution is -2.37. The summed E-state index contributed by atoms with van der Waals surface area (Å²) < 4.78 is 5.29. The maximum atomic E-state index is 13.7. The summed E-state index contributed by atoms with van der Waals surface area (Å²) in [5.74, 6) is 0.771. The first kappa shape index (κ1) is 23.1. The van der Waals surface area contributed by atoms with Crippen LogP contribution in [0.5, 0.6) is 5.75 Å². The summed E-state index contributed by atoms with van der Waals surface area (Å²) in [6.07, 6.45) is 2.75. The molecule has 1 aromatic carbocycles. The Hall–Kier alpha value is -3.71. The number of benzene rings is 1. The third-order valence-corrected chi connectivity index (χ3v) is 7.81. The predicted molar refractivity (Wildman–Crippen MR) is 138 cm³/mol. The summed E-state index contributed by atoms with van der Waals surface area (Å²) in [7, 11) is 1.64. The van der Waals surface area contributed by atoms with E-state index in [0.717, 1.165) is 33.1 Å². The van der Waals surface area contributed by atoms with E-state index in [2.05, 4.69) is 15.6 Å². The van der Waals surface area contributed by atoms with Crippen LogP contribution in [0.4, 0.5) is 5.82 Å². The third kappa shape index (κ3) is 4.39. The molecule has 2 unspecified atom stereocenters. The first-order valence-electron chi connectivity index (χ1n) is 11.6. The number of allylic oxidation sites excluding steroid dienone is 3. The monoisotopic (exact) mass is 485 g/mol. The second-order valence-electron chi connectivity index (χ2n) is 8.93. The number of anilines is 1. The van der Waals surface area contributed by atoms with Crippen LogP contribution in [-0.2, 0) is 9.59 Å². The number of hydrogen-bond acceptors (Lipinski definition) is 6. The van der Waals surface area contributed by atoms with Crippen molar-refractivity contribution in [1.82, 2.24) is 10.3 Å². The molecule has 2 N–H and O–H groups in total. The second-order valence-corrected chi connectivity index (χ2v) is 9.88. The van der Waals surface area contributed by atoms with Gasteiger partial charge in [0.25, 0.3) is 5.91 Å². The zero-order valence-electron chi connectivity index (χ0n) is 19.9. The van der Waals surface area contributed by atoms with Gasteiger partial charge >= 0.3 is 0 Å². The molecule has 3 aromatic rings. The van der Waals surface area contributed by atoms with Crippen LogP contribution in [0.25, 0.3) is 0 Å². The molecule has 6 nitrogen and oxygen atoms in total. The first-order valence-corrected chi connectivity index (χ1v) is 12.5. The molecule has 178 valence electrons. The Kier molecular flexibility index (Phi) is 6.26. The average Bonchev–Trinajstić information content (AvgIpc) is 3.29. The van der Waals surface area contributed by atoms with Gasteiger partial charge in [-0.3, -0.25) is 9.59 Å². The Labute approximate surface area is 208 Å². The quantitative estimate of drug-likeness (QED) is 0.502. The molecule has 0 saturated carbocycles. The summed E-state index contributed by atoms with van der Waals surface area (Å²) in [6.45, 7) is 3.94. The Balaban J connectivity index is 1.53. The highest BCUT2D eigenvalue weighted by Crippen LogP contribution is 2.47. The number of dihydropyridines is 1. The van der Waals surface area contributed by atoms with Gasteiger partial charge in [0.2, 0.25) is 0 Å². The summed E-state index contributed by atoms with van der Waals surface area (Å²) in [4.78, 5) is 32.5. The standard InChI is InChI=1S/C28H27N3O3S/c1-16-11-13-35-27(16)26-24(28(33)31-23-6-4-5-12-29-23)17(2)30-21-14-19(15-22(32)25(21)26)18-7-9-20(34-3)10-8-18/h4-13,19,26,30H,14-15H2,1-3H3,(H,29,31,33). The van der Waals surface area contributed by atoms with E-state index < -0.39 is 5.92 Å². The largest absolute Gasteiger partial charge is 0.497 e. The van der Waals surface area contributed by atoms with Gasteiger partial charge in [-0.05, 0) is 73.0 Å². The van der Waals surface area contributed by atoms with Crippen molar-refractivity contribution in [2.45, 2.75) is 38.5 Å². The lowest BCUT2D eigenvalue weighted by molar-refractivity contribution is -0.116. The van der Waals surface area contributed by atoms with Gasteiger partial charge < -0.3 is 15.4 Å². The number of pyridine rings is 1. The molecule has 0 fully saturated rings. The predicted octanol–water partition coefficient (Wildman–Crippen LogP) is 5.46. The number of ether oxygens (including phenoxy) is 1. The number of thiophene rings is 1. The van der Waals surface area contributed by atoms with Crippen molar-refractivity contribution in [2.75, 3.05) is 12.4 Å². The van der Waals surface area contributed by atoms with Crippen molar-refractivity contribution in [3.05, 3.63) is 98.7 Å². The smallest absolute Gasteiger partial charge is 0.255 e. The molecule has 2 atom stereocenters. The van der Waals surface area contributed by atoms with Gasteiger partial charge in [0.05, 0.1) is 13.0 Å². The van der Waals surface area contributed by atoms with Crippen molar-refractivity contribution in [1.29, 1.82) is 0 Å². The Morgan fingerprint density at radius 2 is 1.91 bits per heavy atom. The molecule has 1 aliphatic heterocycles. The van der Waals surface area contributed by atoms with Crippen LogP contribution in [0.15, 0.2) is 82.6 Å². The molecular weight excluding hydrogens is 458 g/mol. The highest BCUT2D eigenvalue weighted by molar-refractivity contribution is 7.10. The van der Waals surface area contributed by atoms with Gasteiger partial charge in [-0.15, -0.1) is 11.3 Å². The van der Waals surface area contributed by atoms with E-state index in [0.29, 0.717) is 29.8 Å². The highest BCUT2D eigenvalue weighted by Gasteiger charge is 2.41. The topological polar surface area (TPSA) is 80.3 Å². The van der Waals surface area contributed by atoms with Crippen LogP contribution < -0.4 is 15.4 Å². The van der Waals surface area contributed by atoms with E-state index in [-0.39, 0.29) is 17.6 Å². The molecule has 0 bridgehead atoms. The van der Waals surface area contributed by atoms with Crippen LogP contribution in [-0.4, -0.2) is 23.8 Å². The fourth-order valence-corrected chi connectivity index (χ4v) is 6.06. The maximum Gasteiger partial charge on any atom is 0.255 e. The Bertz CT molecular complexity index is 1340. The van der Waals surface area contributed by atoms with Gasteiger partial charge in [0, 0.05) is 40.0 Å². The van der Waals surface area contributed by atoms with E-state index >= 15 is 0 Å². The zero-order chi connectivity index (χ0) is 24.5. The number of rotatable bonds is 5. The Morgan fingerprint density at radius 3 is 2.57 bits per heavy atom. The number of aromatic nitrogens is 1. The van der Waals surface area contributed by atoms with Gasteiger partial charge in [-0.2, -0.15) is 0 Å². The molecule has 2 aromatic heterocycles. The minimum atomic E-state index is -0.403. The average molecular weight is 486 g/mol.